The molecule has 0 aromatic heterocycles. The Morgan fingerprint density at radius 1 is 1.17 bits per heavy atom. The Labute approximate surface area is 138 Å². The molecule has 1 aliphatic rings. The largest absolute Gasteiger partial charge is 0.495 e. The highest BCUT2D eigenvalue weighted by Crippen LogP contribution is 2.31. The highest BCUT2D eigenvalue weighted by atomic mass is 35.5. The minimum Gasteiger partial charge on any atom is -0.495 e. The SMILES string of the molecule is COc1ccc(Cl)cc1N[C@@H]1CC(=O)N(c2ccccc2)C1=O. The second-order valence-corrected chi connectivity index (χ2v) is 5.59. The minimum atomic E-state index is -0.643. The molecule has 1 atom stereocenters. The fraction of sp³-hybridized carbons (Fsp3) is 0.176. The lowest BCUT2D eigenvalue weighted by Crippen LogP contribution is -2.34. The molecular weight excluding hydrogens is 316 g/mol. The monoisotopic (exact) mass is 330 g/mol. The second kappa shape index (κ2) is 6.30. The number of carbonyl (C=O) groups is 2. The molecular formula is C17H15ClN2O3. The van der Waals surface area contributed by atoms with Gasteiger partial charge in [0.15, 0.2) is 0 Å². The van der Waals surface area contributed by atoms with Gasteiger partial charge >= 0.3 is 0 Å². The number of imide groups is 1. The van der Waals surface area contributed by atoms with Crippen LogP contribution in [0.1, 0.15) is 6.42 Å². The van der Waals surface area contributed by atoms with E-state index in [0.29, 0.717) is 22.1 Å². The van der Waals surface area contributed by atoms with Gasteiger partial charge < -0.3 is 10.1 Å². The number of para-hydroxylation sites is 1. The van der Waals surface area contributed by atoms with Crippen molar-refractivity contribution < 1.29 is 14.3 Å². The van der Waals surface area contributed by atoms with Gasteiger partial charge in [0.1, 0.15) is 11.8 Å². The summed E-state index contributed by atoms with van der Waals surface area (Å²) in [7, 11) is 1.53. The molecule has 3 rings (SSSR count). The summed E-state index contributed by atoms with van der Waals surface area (Å²) in [6, 6.07) is 13.3. The average molecular weight is 331 g/mol. The van der Waals surface area contributed by atoms with Crippen LogP contribution >= 0.6 is 11.6 Å². The third kappa shape index (κ3) is 3.00. The number of methoxy groups -OCH3 is 1. The molecule has 0 bridgehead atoms. The third-order valence-electron chi connectivity index (χ3n) is 3.65. The van der Waals surface area contributed by atoms with Crippen LogP contribution in [-0.4, -0.2) is 25.0 Å². The van der Waals surface area contributed by atoms with Crippen LogP contribution in [0.2, 0.25) is 5.02 Å². The zero-order valence-corrected chi connectivity index (χ0v) is 13.2. The van der Waals surface area contributed by atoms with Crippen molar-refractivity contribution in [2.75, 3.05) is 17.3 Å². The molecule has 2 aromatic rings. The highest BCUT2D eigenvalue weighted by molar-refractivity contribution is 6.31. The Morgan fingerprint density at radius 2 is 1.91 bits per heavy atom. The van der Waals surface area contributed by atoms with Crippen molar-refractivity contribution in [1.82, 2.24) is 0 Å². The molecule has 0 unspecified atom stereocenters. The number of rotatable bonds is 4. The van der Waals surface area contributed by atoms with E-state index in [1.165, 1.54) is 12.0 Å². The van der Waals surface area contributed by atoms with E-state index in [2.05, 4.69) is 5.32 Å². The van der Waals surface area contributed by atoms with E-state index >= 15 is 0 Å². The fourth-order valence-corrected chi connectivity index (χ4v) is 2.75. The number of carbonyl (C=O) groups excluding carboxylic acids is 2. The molecule has 5 nitrogen and oxygen atoms in total. The van der Waals surface area contributed by atoms with E-state index in [9.17, 15) is 9.59 Å². The number of ether oxygens (including phenoxy) is 1. The van der Waals surface area contributed by atoms with Crippen LogP contribution < -0.4 is 15.0 Å². The lowest BCUT2D eigenvalue weighted by Gasteiger charge is -2.17. The first kappa shape index (κ1) is 15.4. The van der Waals surface area contributed by atoms with Crippen LogP contribution in [0.3, 0.4) is 0 Å². The van der Waals surface area contributed by atoms with E-state index in [-0.39, 0.29) is 18.2 Å². The van der Waals surface area contributed by atoms with Crippen molar-refractivity contribution in [2.24, 2.45) is 0 Å². The van der Waals surface area contributed by atoms with Gasteiger partial charge in [-0.15, -0.1) is 0 Å². The van der Waals surface area contributed by atoms with Crippen LogP contribution in [0, 0.1) is 0 Å². The van der Waals surface area contributed by atoms with Crippen molar-refractivity contribution in [1.29, 1.82) is 0 Å². The second-order valence-electron chi connectivity index (χ2n) is 5.15. The molecule has 0 radical (unpaired) electrons. The molecule has 23 heavy (non-hydrogen) atoms. The van der Waals surface area contributed by atoms with Crippen LogP contribution in [0.15, 0.2) is 48.5 Å². The molecule has 1 heterocycles. The van der Waals surface area contributed by atoms with Gasteiger partial charge in [0.2, 0.25) is 5.91 Å². The summed E-state index contributed by atoms with van der Waals surface area (Å²) in [5.41, 5.74) is 1.16. The quantitative estimate of drug-likeness (QED) is 0.875. The minimum absolute atomic E-state index is 0.0867. The van der Waals surface area contributed by atoms with Gasteiger partial charge in [-0.2, -0.15) is 0 Å². The van der Waals surface area contributed by atoms with Gasteiger partial charge in [0, 0.05) is 5.02 Å². The van der Waals surface area contributed by atoms with Gasteiger partial charge in [0.05, 0.1) is 24.9 Å². The Hall–Kier alpha value is -2.53. The predicted octanol–water partition coefficient (Wildman–Crippen LogP) is 3.09. The predicted molar refractivity (Wildman–Crippen MR) is 89.0 cm³/mol. The first-order valence-electron chi connectivity index (χ1n) is 7.12. The summed E-state index contributed by atoms with van der Waals surface area (Å²) in [5, 5.41) is 3.58. The number of halogens is 1. The van der Waals surface area contributed by atoms with Gasteiger partial charge in [-0.25, -0.2) is 4.90 Å². The number of anilines is 2. The van der Waals surface area contributed by atoms with E-state index in [1.54, 1.807) is 42.5 Å². The number of hydrogen-bond acceptors (Lipinski definition) is 4. The van der Waals surface area contributed by atoms with Crippen molar-refractivity contribution in [3.8, 4) is 5.75 Å². The van der Waals surface area contributed by atoms with Crippen molar-refractivity contribution in [3.63, 3.8) is 0 Å². The van der Waals surface area contributed by atoms with Crippen LogP contribution in [0.25, 0.3) is 0 Å². The highest BCUT2D eigenvalue weighted by Gasteiger charge is 2.39. The topological polar surface area (TPSA) is 58.6 Å². The molecule has 2 amide bonds. The molecule has 6 heteroatoms. The maximum Gasteiger partial charge on any atom is 0.256 e. The number of hydrogen-bond donors (Lipinski definition) is 1. The van der Waals surface area contributed by atoms with E-state index in [1.807, 2.05) is 6.07 Å². The van der Waals surface area contributed by atoms with Crippen molar-refractivity contribution in [3.05, 3.63) is 53.6 Å². The zero-order chi connectivity index (χ0) is 16.4. The Balaban J connectivity index is 1.85. The molecule has 118 valence electrons. The van der Waals surface area contributed by atoms with Crippen LogP contribution in [0.4, 0.5) is 11.4 Å². The third-order valence-corrected chi connectivity index (χ3v) is 3.89. The van der Waals surface area contributed by atoms with E-state index in [4.69, 9.17) is 16.3 Å². The lowest BCUT2D eigenvalue weighted by molar-refractivity contribution is -0.121. The average Bonchev–Trinajstić information content (AvgIpc) is 2.82. The number of benzene rings is 2. The number of nitrogens with one attached hydrogen (secondary N) is 1. The summed E-state index contributed by atoms with van der Waals surface area (Å²) in [5.74, 6) is 0.0377. The van der Waals surface area contributed by atoms with Gasteiger partial charge in [-0.1, -0.05) is 29.8 Å². The Kier molecular flexibility index (Phi) is 4.21. The first-order chi connectivity index (χ1) is 11.1. The fourth-order valence-electron chi connectivity index (χ4n) is 2.57. The van der Waals surface area contributed by atoms with Gasteiger partial charge in [-0.3, -0.25) is 9.59 Å². The molecule has 1 fully saturated rings. The van der Waals surface area contributed by atoms with Crippen molar-refractivity contribution >= 4 is 34.8 Å². The smallest absolute Gasteiger partial charge is 0.256 e. The van der Waals surface area contributed by atoms with Crippen LogP contribution in [0.5, 0.6) is 5.75 Å². The number of nitrogens with zero attached hydrogens (tertiary/aromatic N) is 1. The number of amides is 2. The molecule has 2 aromatic carbocycles. The van der Waals surface area contributed by atoms with E-state index < -0.39 is 6.04 Å². The zero-order valence-electron chi connectivity index (χ0n) is 12.5. The maximum atomic E-state index is 12.6. The summed E-state index contributed by atoms with van der Waals surface area (Å²) in [6.07, 6.45) is 0.0867. The summed E-state index contributed by atoms with van der Waals surface area (Å²) < 4.78 is 5.25. The Bertz CT molecular complexity index is 749. The molecule has 0 saturated carbocycles. The Morgan fingerprint density at radius 3 is 2.61 bits per heavy atom. The van der Waals surface area contributed by atoms with Crippen LogP contribution in [-0.2, 0) is 9.59 Å². The molecule has 1 aliphatic heterocycles. The normalized spacial score (nSPS) is 17.5. The molecule has 0 aliphatic carbocycles. The molecule has 1 saturated heterocycles. The standard InChI is InChI=1S/C17H15ClN2O3/c1-23-15-8-7-11(18)9-13(15)19-14-10-16(21)20(17(14)22)12-5-3-2-4-6-12/h2-9,14,19H,10H2,1H3/t14-/m1/s1. The first-order valence-corrected chi connectivity index (χ1v) is 7.50. The summed E-state index contributed by atoms with van der Waals surface area (Å²) in [4.78, 5) is 26.0. The molecule has 1 N–H and O–H groups in total. The summed E-state index contributed by atoms with van der Waals surface area (Å²) in [6.45, 7) is 0. The van der Waals surface area contributed by atoms with E-state index in [0.717, 1.165) is 0 Å². The lowest BCUT2D eigenvalue weighted by atomic mass is 10.2. The van der Waals surface area contributed by atoms with Gasteiger partial charge in [0.25, 0.3) is 5.91 Å². The summed E-state index contributed by atoms with van der Waals surface area (Å²) >= 11 is 5.99. The molecule has 0 spiro atoms. The maximum absolute atomic E-state index is 12.6. The van der Waals surface area contributed by atoms with Crippen molar-refractivity contribution in [2.45, 2.75) is 12.5 Å². The van der Waals surface area contributed by atoms with Gasteiger partial charge in [-0.05, 0) is 30.3 Å².